The van der Waals surface area contributed by atoms with E-state index in [4.69, 9.17) is 5.73 Å². The van der Waals surface area contributed by atoms with Crippen LogP contribution in [-0.2, 0) is 0 Å². The molecule has 80 valence electrons. The van der Waals surface area contributed by atoms with Crippen molar-refractivity contribution in [2.24, 2.45) is 17.6 Å². The minimum atomic E-state index is -4.04. The summed E-state index contributed by atoms with van der Waals surface area (Å²) < 4.78 is 37.0. The number of halogens is 4. The Hall–Kier alpha value is 0.0400. The molecule has 0 spiro atoms. The highest BCUT2D eigenvalue weighted by Crippen LogP contribution is 2.40. The van der Waals surface area contributed by atoms with Crippen LogP contribution >= 0.6 is 12.4 Å². The van der Waals surface area contributed by atoms with Crippen LogP contribution in [0.25, 0.3) is 0 Å². The summed E-state index contributed by atoms with van der Waals surface area (Å²) in [6.45, 7) is 0.171. The van der Waals surface area contributed by atoms with Gasteiger partial charge in [-0.1, -0.05) is 12.8 Å². The van der Waals surface area contributed by atoms with Gasteiger partial charge in [-0.15, -0.1) is 12.4 Å². The highest BCUT2D eigenvalue weighted by Gasteiger charge is 2.44. The number of alkyl halides is 3. The molecule has 1 fully saturated rings. The third-order valence-electron chi connectivity index (χ3n) is 2.63. The first-order valence-electron chi connectivity index (χ1n) is 4.32. The van der Waals surface area contributed by atoms with Crippen LogP contribution in [0.2, 0.25) is 0 Å². The van der Waals surface area contributed by atoms with Crippen LogP contribution < -0.4 is 5.73 Å². The fourth-order valence-electron chi connectivity index (χ4n) is 1.92. The fourth-order valence-corrected chi connectivity index (χ4v) is 1.92. The van der Waals surface area contributed by atoms with Gasteiger partial charge in [0.25, 0.3) is 0 Å². The van der Waals surface area contributed by atoms with E-state index in [9.17, 15) is 13.2 Å². The van der Waals surface area contributed by atoms with Crippen molar-refractivity contribution in [3.63, 3.8) is 0 Å². The van der Waals surface area contributed by atoms with Gasteiger partial charge in [-0.3, -0.25) is 0 Å². The smallest absolute Gasteiger partial charge is 0.330 e. The third kappa shape index (κ3) is 3.35. The molecule has 0 radical (unpaired) electrons. The van der Waals surface area contributed by atoms with Crippen molar-refractivity contribution in [1.29, 1.82) is 0 Å². The number of hydrogen-bond donors (Lipinski definition) is 1. The summed E-state index contributed by atoms with van der Waals surface area (Å²) in [5.74, 6) is -1.48. The van der Waals surface area contributed by atoms with Gasteiger partial charge >= 0.3 is 6.18 Å². The van der Waals surface area contributed by atoms with Crippen LogP contribution in [0.5, 0.6) is 0 Å². The Morgan fingerprint density at radius 3 is 2.08 bits per heavy atom. The molecule has 0 saturated heterocycles. The maximum Gasteiger partial charge on any atom is 0.392 e. The largest absolute Gasteiger partial charge is 0.392 e. The minimum absolute atomic E-state index is 0. The molecule has 1 rings (SSSR count). The first-order chi connectivity index (χ1) is 5.55. The van der Waals surface area contributed by atoms with Gasteiger partial charge in [0.15, 0.2) is 0 Å². The molecule has 0 aromatic carbocycles. The first-order valence-corrected chi connectivity index (χ1v) is 4.32. The van der Waals surface area contributed by atoms with E-state index in [2.05, 4.69) is 0 Å². The van der Waals surface area contributed by atoms with Gasteiger partial charge in [-0.2, -0.15) is 13.2 Å². The van der Waals surface area contributed by atoms with E-state index in [0.717, 1.165) is 6.42 Å². The summed E-state index contributed by atoms with van der Waals surface area (Å²) in [6, 6.07) is 0. The van der Waals surface area contributed by atoms with E-state index in [1.807, 2.05) is 0 Å². The lowest BCUT2D eigenvalue weighted by molar-refractivity contribution is -0.195. The zero-order valence-electron chi connectivity index (χ0n) is 7.31. The molecule has 0 aromatic rings. The van der Waals surface area contributed by atoms with Gasteiger partial charge in [0, 0.05) is 0 Å². The zero-order chi connectivity index (χ0) is 9.19. The standard InChI is InChI=1S/C8H14F3N.ClH/c9-8(10,11)7-4-2-1-3-6(7)5-12;/h6-7H,1-5,12H2;1H/t6-,7+;/m0./s1. The lowest BCUT2D eigenvalue weighted by atomic mass is 9.79. The molecular formula is C8H15ClF3N. The second kappa shape index (κ2) is 5.05. The number of nitrogens with two attached hydrogens (primary N) is 1. The average Bonchev–Trinajstić information content (AvgIpc) is 2.03. The average molecular weight is 218 g/mol. The normalized spacial score (nSPS) is 29.5. The van der Waals surface area contributed by atoms with Gasteiger partial charge in [0.2, 0.25) is 0 Å². The molecule has 0 heterocycles. The van der Waals surface area contributed by atoms with Gasteiger partial charge in [0.1, 0.15) is 0 Å². The van der Waals surface area contributed by atoms with Crippen LogP contribution in [0.4, 0.5) is 13.2 Å². The topological polar surface area (TPSA) is 26.0 Å². The second-order valence-electron chi connectivity index (χ2n) is 3.43. The molecule has 0 aliphatic heterocycles. The lowest BCUT2D eigenvalue weighted by Crippen LogP contribution is -2.36. The molecule has 5 heteroatoms. The molecule has 2 N–H and O–H groups in total. The van der Waals surface area contributed by atoms with E-state index in [-0.39, 0.29) is 31.3 Å². The quantitative estimate of drug-likeness (QED) is 0.718. The van der Waals surface area contributed by atoms with Crippen molar-refractivity contribution in [2.75, 3.05) is 6.54 Å². The van der Waals surface area contributed by atoms with Crippen molar-refractivity contribution in [3.05, 3.63) is 0 Å². The predicted molar refractivity (Wildman–Crippen MR) is 47.8 cm³/mol. The Morgan fingerprint density at radius 2 is 1.69 bits per heavy atom. The Morgan fingerprint density at radius 1 is 1.15 bits per heavy atom. The Bertz CT molecular complexity index is 149. The Kier molecular flexibility index (Phi) is 5.07. The van der Waals surface area contributed by atoms with Crippen LogP contribution in [0, 0.1) is 11.8 Å². The monoisotopic (exact) mass is 217 g/mol. The van der Waals surface area contributed by atoms with Gasteiger partial charge in [-0.05, 0) is 25.3 Å². The van der Waals surface area contributed by atoms with Crippen molar-refractivity contribution in [3.8, 4) is 0 Å². The molecule has 2 atom stereocenters. The van der Waals surface area contributed by atoms with Gasteiger partial charge in [-0.25, -0.2) is 0 Å². The molecule has 0 aromatic heterocycles. The van der Waals surface area contributed by atoms with E-state index >= 15 is 0 Å². The molecular weight excluding hydrogens is 203 g/mol. The van der Waals surface area contributed by atoms with Crippen LogP contribution in [0.1, 0.15) is 25.7 Å². The molecule has 0 bridgehead atoms. The molecule has 0 unspecified atom stereocenters. The first kappa shape index (κ1) is 13.0. The second-order valence-corrected chi connectivity index (χ2v) is 3.43. The van der Waals surface area contributed by atoms with Crippen LogP contribution in [0.3, 0.4) is 0 Å². The Labute approximate surface area is 82.3 Å². The highest BCUT2D eigenvalue weighted by molar-refractivity contribution is 5.85. The summed E-state index contributed by atoms with van der Waals surface area (Å²) in [5, 5.41) is 0. The van der Waals surface area contributed by atoms with E-state index in [0.29, 0.717) is 12.8 Å². The van der Waals surface area contributed by atoms with Crippen molar-refractivity contribution < 1.29 is 13.2 Å². The summed E-state index contributed by atoms with van der Waals surface area (Å²) in [5.41, 5.74) is 5.29. The van der Waals surface area contributed by atoms with Gasteiger partial charge < -0.3 is 5.73 Å². The SMILES string of the molecule is Cl.NC[C@@H]1CCCC[C@H]1C(F)(F)F. The van der Waals surface area contributed by atoms with E-state index in [1.54, 1.807) is 0 Å². The molecule has 0 amide bonds. The highest BCUT2D eigenvalue weighted by atomic mass is 35.5. The summed E-state index contributed by atoms with van der Waals surface area (Å²) in [7, 11) is 0. The maximum atomic E-state index is 12.3. The predicted octanol–water partition coefficient (Wildman–Crippen LogP) is 2.74. The van der Waals surface area contributed by atoms with Crippen molar-refractivity contribution in [1.82, 2.24) is 0 Å². The van der Waals surface area contributed by atoms with E-state index in [1.165, 1.54) is 0 Å². The minimum Gasteiger partial charge on any atom is -0.330 e. The van der Waals surface area contributed by atoms with Crippen LogP contribution in [-0.4, -0.2) is 12.7 Å². The fraction of sp³-hybridized carbons (Fsp3) is 1.00. The number of hydrogen-bond acceptors (Lipinski definition) is 1. The number of rotatable bonds is 1. The van der Waals surface area contributed by atoms with Crippen LogP contribution in [0.15, 0.2) is 0 Å². The summed E-state index contributed by atoms with van der Waals surface area (Å²) >= 11 is 0. The molecule has 1 aliphatic carbocycles. The van der Waals surface area contributed by atoms with Crippen molar-refractivity contribution in [2.45, 2.75) is 31.9 Å². The molecule has 1 saturated carbocycles. The third-order valence-corrected chi connectivity index (χ3v) is 2.63. The zero-order valence-corrected chi connectivity index (χ0v) is 8.13. The summed E-state index contributed by atoms with van der Waals surface area (Å²) in [6.07, 6.45) is -1.54. The molecule has 1 aliphatic rings. The van der Waals surface area contributed by atoms with E-state index < -0.39 is 12.1 Å². The van der Waals surface area contributed by atoms with Crippen molar-refractivity contribution >= 4 is 12.4 Å². The Balaban J connectivity index is 0.00000144. The molecule has 13 heavy (non-hydrogen) atoms. The maximum absolute atomic E-state index is 12.3. The lowest BCUT2D eigenvalue weighted by Gasteiger charge is -2.31. The summed E-state index contributed by atoms with van der Waals surface area (Å²) in [4.78, 5) is 0. The molecule has 1 nitrogen and oxygen atoms in total. The van der Waals surface area contributed by atoms with Gasteiger partial charge in [0.05, 0.1) is 5.92 Å².